The second kappa shape index (κ2) is 7.61. The Bertz CT molecular complexity index is 1320. The molecule has 1 atom stereocenters. The molecule has 5 rings (SSSR count). The summed E-state index contributed by atoms with van der Waals surface area (Å²) in [6.45, 7) is -0.455. The van der Waals surface area contributed by atoms with E-state index in [9.17, 15) is 18.7 Å². The lowest BCUT2D eigenvalue weighted by molar-refractivity contribution is -0.00641. The van der Waals surface area contributed by atoms with Gasteiger partial charge in [-0.1, -0.05) is 6.07 Å². The van der Waals surface area contributed by atoms with Crippen LogP contribution < -0.4 is 5.56 Å². The molecule has 0 saturated heterocycles. The van der Waals surface area contributed by atoms with E-state index in [1.807, 2.05) is 0 Å². The molecule has 0 bridgehead atoms. The highest BCUT2D eigenvalue weighted by Crippen LogP contribution is 2.34. The number of nitrogens with zero attached hydrogens (tertiary/aromatic N) is 5. The molecular weight excluding hydrogens is 424 g/mol. The molecule has 0 radical (unpaired) electrons. The standard InChI is InChI=1S/C21H19F2N5O2S/c22-13-5-6-15(16(23)7-13)21(30,9-28-11-24-10-26-28)8-27-12-25-19-18(20(27)29)14-3-1-2-4-17(14)31-19/h5-7,10-12,30H,1-4,8-9H2. The summed E-state index contributed by atoms with van der Waals surface area (Å²) in [5.41, 5.74) is -1.26. The van der Waals surface area contributed by atoms with Crippen molar-refractivity contribution in [3.8, 4) is 0 Å². The first-order chi connectivity index (χ1) is 14.9. The van der Waals surface area contributed by atoms with Crippen molar-refractivity contribution in [2.24, 2.45) is 0 Å². The van der Waals surface area contributed by atoms with Crippen LogP contribution >= 0.6 is 11.3 Å². The van der Waals surface area contributed by atoms with Gasteiger partial charge in [-0.25, -0.2) is 23.4 Å². The Kier molecular flexibility index (Phi) is 4.90. The third kappa shape index (κ3) is 3.55. The topological polar surface area (TPSA) is 85.8 Å². The smallest absolute Gasteiger partial charge is 0.262 e. The number of hydrogen-bond acceptors (Lipinski definition) is 6. The Morgan fingerprint density at radius 2 is 2.00 bits per heavy atom. The first kappa shape index (κ1) is 20.0. The van der Waals surface area contributed by atoms with Gasteiger partial charge in [0.25, 0.3) is 5.56 Å². The van der Waals surface area contributed by atoms with Gasteiger partial charge in [0, 0.05) is 16.5 Å². The molecule has 0 aliphatic heterocycles. The van der Waals surface area contributed by atoms with E-state index in [4.69, 9.17) is 0 Å². The zero-order valence-corrected chi connectivity index (χ0v) is 17.3. The highest BCUT2D eigenvalue weighted by molar-refractivity contribution is 7.18. The van der Waals surface area contributed by atoms with Crippen LogP contribution in [0.5, 0.6) is 0 Å². The normalized spacial score (nSPS) is 15.7. The van der Waals surface area contributed by atoms with Gasteiger partial charge >= 0.3 is 0 Å². The van der Waals surface area contributed by atoms with Gasteiger partial charge < -0.3 is 5.11 Å². The Morgan fingerprint density at radius 3 is 2.77 bits per heavy atom. The van der Waals surface area contributed by atoms with Crippen LogP contribution in [-0.4, -0.2) is 29.4 Å². The number of halogens is 2. The van der Waals surface area contributed by atoms with Crippen LogP contribution in [0, 0.1) is 11.6 Å². The third-order valence-corrected chi connectivity index (χ3v) is 6.90. The first-order valence-corrected chi connectivity index (χ1v) is 10.8. The molecule has 1 aromatic carbocycles. The second-order valence-corrected chi connectivity index (χ2v) is 8.90. The molecule has 0 fully saturated rings. The number of aromatic nitrogens is 5. The summed E-state index contributed by atoms with van der Waals surface area (Å²) in [5.74, 6) is -1.66. The van der Waals surface area contributed by atoms with E-state index < -0.39 is 17.2 Å². The zero-order chi connectivity index (χ0) is 21.6. The van der Waals surface area contributed by atoms with E-state index >= 15 is 0 Å². The maximum Gasteiger partial charge on any atom is 0.262 e. The van der Waals surface area contributed by atoms with E-state index in [0.29, 0.717) is 16.3 Å². The van der Waals surface area contributed by atoms with Gasteiger partial charge in [-0.05, 0) is 37.3 Å². The monoisotopic (exact) mass is 443 g/mol. The van der Waals surface area contributed by atoms with Gasteiger partial charge in [0.2, 0.25) is 0 Å². The lowest BCUT2D eigenvalue weighted by atomic mass is 9.92. The van der Waals surface area contributed by atoms with E-state index in [1.54, 1.807) is 0 Å². The lowest BCUT2D eigenvalue weighted by Gasteiger charge is -2.29. The minimum atomic E-state index is -1.89. The van der Waals surface area contributed by atoms with Crippen molar-refractivity contribution in [1.29, 1.82) is 0 Å². The maximum absolute atomic E-state index is 14.7. The van der Waals surface area contributed by atoms with Crippen molar-refractivity contribution in [2.45, 2.75) is 44.4 Å². The summed E-state index contributed by atoms with van der Waals surface area (Å²) in [7, 11) is 0. The van der Waals surface area contributed by atoms with Crippen molar-refractivity contribution in [1.82, 2.24) is 24.3 Å². The predicted octanol–water partition coefficient (Wildman–Crippen LogP) is 2.79. The molecule has 7 nitrogen and oxygen atoms in total. The Labute approximate surface area is 179 Å². The predicted molar refractivity (Wildman–Crippen MR) is 111 cm³/mol. The average Bonchev–Trinajstić information content (AvgIpc) is 3.37. The summed E-state index contributed by atoms with van der Waals surface area (Å²) in [6.07, 6.45) is 7.92. The fourth-order valence-electron chi connectivity index (χ4n) is 4.25. The first-order valence-electron chi connectivity index (χ1n) is 9.95. The molecule has 1 unspecified atom stereocenters. The molecule has 4 aromatic rings. The van der Waals surface area contributed by atoms with E-state index in [0.717, 1.165) is 37.3 Å². The number of fused-ring (bicyclic) bond motifs is 3. The molecule has 1 aliphatic carbocycles. The molecule has 0 amide bonds. The van der Waals surface area contributed by atoms with Gasteiger partial charge in [0.1, 0.15) is 34.7 Å². The van der Waals surface area contributed by atoms with Crippen molar-refractivity contribution in [3.05, 3.63) is 75.2 Å². The number of aliphatic hydroxyl groups is 1. The average molecular weight is 443 g/mol. The minimum Gasteiger partial charge on any atom is -0.381 e. The highest BCUT2D eigenvalue weighted by atomic mass is 32.1. The molecule has 1 N–H and O–H groups in total. The van der Waals surface area contributed by atoms with Gasteiger partial charge in [0.05, 0.1) is 24.8 Å². The van der Waals surface area contributed by atoms with Gasteiger partial charge in [-0.2, -0.15) is 5.10 Å². The van der Waals surface area contributed by atoms with Gasteiger partial charge in [-0.3, -0.25) is 9.36 Å². The van der Waals surface area contributed by atoms with E-state index in [1.165, 1.54) is 50.5 Å². The van der Waals surface area contributed by atoms with Gasteiger partial charge in [0.15, 0.2) is 0 Å². The molecule has 31 heavy (non-hydrogen) atoms. The Balaban J connectivity index is 1.62. The molecule has 10 heteroatoms. The summed E-state index contributed by atoms with van der Waals surface area (Å²) >= 11 is 1.53. The van der Waals surface area contributed by atoms with Gasteiger partial charge in [-0.15, -0.1) is 11.3 Å². The molecular formula is C21H19F2N5O2S. The number of thiophene rings is 1. The third-order valence-electron chi connectivity index (χ3n) is 5.70. The summed E-state index contributed by atoms with van der Waals surface area (Å²) in [6, 6.07) is 2.97. The van der Waals surface area contributed by atoms with Crippen molar-refractivity contribution >= 4 is 21.6 Å². The van der Waals surface area contributed by atoms with Crippen LogP contribution in [-0.2, 0) is 31.5 Å². The summed E-state index contributed by atoms with van der Waals surface area (Å²) in [5, 5.41) is 16.1. The molecule has 0 spiro atoms. The van der Waals surface area contributed by atoms with Crippen LogP contribution in [0.3, 0.4) is 0 Å². The summed E-state index contributed by atoms with van der Waals surface area (Å²) < 4.78 is 30.8. The molecule has 1 aliphatic rings. The van der Waals surface area contributed by atoms with E-state index in [-0.39, 0.29) is 24.2 Å². The fourth-order valence-corrected chi connectivity index (χ4v) is 5.46. The minimum absolute atomic E-state index is 0.135. The molecule has 3 aromatic heterocycles. The van der Waals surface area contributed by atoms with Crippen molar-refractivity contribution < 1.29 is 13.9 Å². The number of rotatable bonds is 5. The Hall–Kier alpha value is -2.98. The number of hydrogen-bond donors (Lipinski definition) is 1. The quantitative estimate of drug-likeness (QED) is 0.513. The highest BCUT2D eigenvalue weighted by Gasteiger charge is 2.35. The van der Waals surface area contributed by atoms with Crippen LogP contribution in [0.4, 0.5) is 8.78 Å². The van der Waals surface area contributed by atoms with Crippen LogP contribution in [0.2, 0.25) is 0 Å². The SMILES string of the molecule is O=c1c2c3c(sc2ncn1CC(O)(Cn1cncn1)c1ccc(F)cc1F)CCCC3. The maximum atomic E-state index is 14.7. The summed E-state index contributed by atoms with van der Waals surface area (Å²) in [4.78, 5) is 23.5. The largest absolute Gasteiger partial charge is 0.381 e. The fraction of sp³-hybridized carbons (Fsp3) is 0.333. The lowest BCUT2D eigenvalue weighted by Crippen LogP contribution is -2.40. The number of benzene rings is 1. The van der Waals surface area contributed by atoms with Crippen LogP contribution in [0.1, 0.15) is 28.8 Å². The van der Waals surface area contributed by atoms with Crippen LogP contribution in [0.25, 0.3) is 10.2 Å². The number of aryl methyl sites for hydroxylation is 2. The second-order valence-electron chi connectivity index (χ2n) is 7.82. The molecule has 160 valence electrons. The van der Waals surface area contributed by atoms with Crippen LogP contribution in [0.15, 0.2) is 42.0 Å². The Morgan fingerprint density at radius 1 is 1.16 bits per heavy atom. The van der Waals surface area contributed by atoms with Crippen molar-refractivity contribution in [2.75, 3.05) is 0 Å². The van der Waals surface area contributed by atoms with Crippen molar-refractivity contribution in [3.63, 3.8) is 0 Å². The van der Waals surface area contributed by atoms with E-state index in [2.05, 4.69) is 15.1 Å². The molecule has 0 saturated carbocycles. The zero-order valence-electron chi connectivity index (χ0n) is 16.5. The molecule has 3 heterocycles.